The molecule has 0 unspecified atom stereocenters. The highest BCUT2D eigenvalue weighted by Crippen LogP contribution is 2.48. The number of fused-ring (bicyclic) bond motifs is 1. The summed E-state index contributed by atoms with van der Waals surface area (Å²) < 4.78 is -0.988. The maximum Gasteiger partial charge on any atom is 0.312 e. The van der Waals surface area contributed by atoms with E-state index in [0.29, 0.717) is 44.2 Å². The van der Waals surface area contributed by atoms with Crippen molar-refractivity contribution >= 4 is 104 Å². The van der Waals surface area contributed by atoms with Crippen LogP contribution >= 0.6 is 21.6 Å². The van der Waals surface area contributed by atoms with Gasteiger partial charge in [0, 0.05) is 43.0 Å². The Morgan fingerprint density at radius 3 is 2.15 bits per heavy atom. The summed E-state index contributed by atoms with van der Waals surface area (Å²) in [4.78, 5) is 160. The van der Waals surface area contributed by atoms with Gasteiger partial charge in [-0.25, -0.2) is 4.79 Å². The number of aliphatic imine (C=N–C) groups is 1. The zero-order valence-corrected chi connectivity index (χ0v) is 47.3. The average molecular weight is 1170 g/mol. The highest BCUT2D eigenvalue weighted by Gasteiger charge is 2.46. The number of aromatic nitrogens is 1. The summed E-state index contributed by atoms with van der Waals surface area (Å²) in [6.45, 7) is 3.06. The maximum absolute atomic E-state index is 15.0. The minimum Gasteiger partial charge on any atom is -0.370 e. The van der Waals surface area contributed by atoms with Crippen molar-refractivity contribution in [2.45, 2.75) is 157 Å². The Morgan fingerprint density at radius 1 is 0.802 bits per heavy atom. The first-order valence-electron chi connectivity index (χ1n) is 27.2. The lowest BCUT2D eigenvalue weighted by atomic mass is 9.82. The number of primary amides is 3. The van der Waals surface area contributed by atoms with Gasteiger partial charge in [-0.3, -0.25) is 52.9 Å². The summed E-state index contributed by atoms with van der Waals surface area (Å²) >= 11 is 0. The van der Waals surface area contributed by atoms with E-state index in [1.807, 2.05) is 30.3 Å². The highest BCUT2D eigenvalue weighted by atomic mass is 33.1. The largest absolute Gasteiger partial charge is 0.370 e. The first-order chi connectivity index (χ1) is 38.5. The van der Waals surface area contributed by atoms with E-state index in [4.69, 9.17) is 34.4 Å². The molecular formula is C51H79N17O11S2. The van der Waals surface area contributed by atoms with Gasteiger partial charge in [-0.1, -0.05) is 79.3 Å². The summed E-state index contributed by atoms with van der Waals surface area (Å²) in [7, 11) is 2.36. The molecule has 3 heterocycles. The van der Waals surface area contributed by atoms with Gasteiger partial charge in [0.25, 0.3) is 0 Å². The fraction of sp³-hybridized carbons (Fsp3) is 0.608. The SMILES string of the molecule is CC[C@H](C)[C@@H]1NC(=O)[C@@H](Cc2cc3ccccc3[nH]2)NC(=O)[C@@H](N)C2(CCCCC2)SSC[C@@H](C(=O)N2CCC[C@H]2C(=O)N[C@H](CCCN=C(N)N)C(=O)NCC(N)=O)NC(=O)[C@H](CC(N)=O)NC(=O)[C@@H](CCCNC(N)=O)NC1=O. The quantitative estimate of drug-likeness (QED) is 0.0273. The molecule has 9 atom stereocenters. The fourth-order valence-electron chi connectivity index (χ4n) is 9.96. The van der Waals surface area contributed by atoms with E-state index >= 15 is 4.79 Å². The van der Waals surface area contributed by atoms with Gasteiger partial charge in [-0.15, -0.1) is 0 Å². The molecule has 1 spiro atoms. The third kappa shape index (κ3) is 19.1. The second-order valence-corrected chi connectivity index (χ2v) is 23.4. The molecule has 446 valence electrons. The molecule has 21 N–H and O–H groups in total. The molecule has 81 heavy (non-hydrogen) atoms. The lowest BCUT2D eigenvalue weighted by Crippen LogP contribution is -2.62. The van der Waals surface area contributed by atoms with Crippen LogP contribution in [-0.4, -0.2) is 166 Å². The minimum absolute atomic E-state index is 0.0143. The maximum atomic E-state index is 15.0. The molecule has 3 aliphatic rings. The molecular weight excluding hydrogens is 1090 g/mol. The molecule has 0 bridgehead atoms. The van der Waals surface area contributed by atoms with E-state index in [9.17, 15) is 47.9 Å². The van der Waals surface area contributed by atoms with Crippen LogP contribution in [0, 0.1) is 5.92 Å². The van der Waals surface area contributed by atoms with Crippen molar-refractivity contribution in [3.63, 3.8) is 0 Å². The predicted molar refractivity (Wildman–Crippen MR) is 304 cm³/mol. The molecule has 5 rings (SSSR count). The number of rotatable bonds is 20. The van der Waals surface area contributed by atoms with E-state index in [1.54, 1.807) is 13.8 Å². The number of H-pyrrole nitrogens is 1. The van der Waals surface area contributed by atoms with Crippen molar-refractivity contribution in [2.75, 3.05) is 31.9 Å². The van der Waals surface area contributed by atoms with Gasteiger partial charge >= 0.3 is 6.03 Å². The van der Waals surface area contributed by atoms with Crippen LogP contribution < -0.4 is 76.9 Å². The Morgan fingerprint density at radius 2 is 1.48 bits per heavy atom. The van der Waals surface area contributed by atoms with Gasteiger partial charge in [-0.2, -0.15) is 0 Å². The molecule has 2 aliphatic heterocycles. The number of nitrogens with one attached hydrogen (secondary N) is 9. The summed E-state index contributed by atoms with van der Waals surface area (Å²) in [5, 5.41) is 21.9. The molecule has 30 heteroatoms. The molecule has 12 amide bonds. The topological polar surface area (TPSA) is 472 Å². The summed E-state index contributed by atoms with van der Waals surface area (Å²) in [5.74, 6) is -9.27. The van der Waals surface area contributed by atoms with Crippen LogP contribution in [0.15, 0.2) is 35.3 Å². The number of carbonyl (C=O) groups excluding carboxylic acids is 11. The lowest BCUT2D eigenvalue weighted by molar-refractivity contribution is -0.142. The van der Waals surface area contributed by atoms with Crippen LogP contribution in [0.1, 0.15) is 103 Å². The van der Waals surface area contributed by atoms with E-state index in [-0.39, 0.29) is 69.9 Å². The van der Waals surface area contributed by atoms with E-state index in [1.165, 1.54) is 15.7 Å². The Kier molecular flexibility index (Phi) is 24.7. The number of hydrogen-bond acceptors (Lipinski definition) is 15. The molecule has 1 saturated carbocycles. The summed E-state index contributed by atoms with van der Waals surface area (Å²) in [6, 6.07) is -2.50. The van der Waals surface area contributed by atoms with Gasteiger partial charge in [0.2, 0.25) is 59.1 Å². The highest BCUT2D eigenvalue weighted by molar-refractivity contribution is 8.77. The first-order valence-corrected chi connectivity index (χ1v) is 29.5. The van der Waals surface area contributed by atoms with Crippen molar-refractivity contribution in [3.8, 4) is 0 Å². The molecule has 1 aliphatic carbocycles. The smallest absolute Gasteiger partial charge is 0.312 e. The van der Waals surface area contributed by atoms with Crippen LogP contribution in [0.2, 0.25) is 0 Å². The van der Waals surface area contributed by atoms with Crippen molar-refractivity contribution in [1.29, 1.82) is 0 Å². The molecule has 0 radical (unpaired) electrons. The molecule has 2 aromatic rings. The molecule has 28 nitrogen and oxygen atoms in total. The van der Waals surface area contributed by atoms with Gasteiger partial charge < -0.3 is 86.8 Å². The second kappa shape index (κ2) is 31.0. The second-order valence-electron chi connectivity index (χ2n) is 20.7. The van der Waals surface area contributed by atoms with Gasteiger partial charge in [0.05, 0.1) is 23.8 Å². The summed E-state index contributed by atoms with van der Waals surface area (Å²) in [6.07, 6.45) is 3.19. The molecule has 3 fully saturated rings. The van der Waals surface area contributed by atoms with Crippen LogP contribution in [0.5, 0.6) is 0 Å². The monoisotopic (exact) mass is 1170 g/mol. The first kappa shape index (κ1) is 64.5. The van der Waals surface area contributed by atoms with Crippen LogP contribution in [-0.2, 0) is 54.4 Å². The normalized spacial score (nSPS) is 24.0. The van der Waals surface area contributed by atoms with Crippen molar-refractivity contribution in [3.05, 3.63) is 36.0 Å². The van der Waals surface area contributed by atoms with Crippen molar-refractivity contribution in [1.82, 2.24) is 52.4 Å². The number of urea groups is 1. The zero-order valence-electron chi connectivity index (χ0n) is 45.7. The van der Waals surface area contributed by atoms with E-state index in [0.717, 1.165) is 28.1 Å². The Hall–Kier alpha value is -7.34. The Bertz CT molecular complexity index is 2600. The number of aromatic amines is 1. The Balaban J connectivity index is 1.55. The zero-order chi connectivity index (χ0) is 59.4. The van der Waals surface area contributed by atoms with Crippen LogP contribution in [0.25, 0.3) is 10.9 Å². The van der Waals surface area contributed by atoms with Crippen molar-refractivity contribution < 1.29 is 52.7 Å². The number of likely N-dealkylation sites (tertiary alicyclic amines) is 1. The van der Waals surface area contributed by atoms with Gasteiger partial charge in [0.1, 0.15) is 42.3 Å². The fourth-order valence-corrected chi connectivity index (χ4v) is 13.4. The van der Waals surface area contributed by atoms with Crippen molar-refractivity contribution in [2.24, 2.45) is 45.3 Å². The van der Waals surface area contributed by atoms with E-state index in [2.05, 4.69) is 52.5 Å². The Labute approximate surface area is 477 Å². The third-order valence-electron chi connectivity index (χ3n) is 14.6. The number of amides is 12. The van der Waals surface area contributed by atoms with Gasteiger partial charge in [0.15, 0.2) is 5.96 Å². The number of nitrogens with zero attached hydrogens (tertiary/aromatic N) is 2. The molecule has 2 saturated heterocycles. The average Bonchev–Trinajstić information content (AvgIpc) is 4.16. The predicted octanol–water partition coefficient (Wildman–Crippen LogP) is -2.94. The minimum atomic E-state index is -1.75. The van der Waals surface area contributed by atoms with Gasteiger partial charge in [-0.05, 0) is 74.8 Å². The van der Waals surface area contributed by atoms with E-state index < -0.39 is 137 Å². The molecule has 1 aromatic carbocycles. The number of para-hydroxylation sites is 1. The summed E-state index contributed by atoms with van der Waals surface area (Å²) in [5.41, 5.74) is 35.5. The third-order valence-corrected chi connectivity index (χ3v) is 17.9. The lowest BCUT2D eigenvalue weighted by Gasteiger charge is -2.40. The van der Waals surface area contributed by atoms with Crippen LogP contribution in [0.4, 0.5) is 4.79 Å². The number of carbonyl (C=O) groups is 11. The number of guanidine groups is 1. The molecule has 1 aromatic heterocycles. The number of nitrogens with two attached hydrogens (primary N) is 6. The standard InChI is InChI=1S/C51H79N17O11S2/c1-3-27(2)39-46(76)63-32(15-10-20-59-50(57)79)42(72)64-34(24-37(52)69)43(73)66-35(48(78)68-21-11-16-36(68)45(75)62-31(14-9-19-58-49(55)56)41(71)60-25-38(53)70)26-80-81-51(17-7-4-8-18-51)40(54)47(77)65-33(44(74)67-39)23-29-22-28-12-5-6-13-30(28)61-29/h5-6,12-13,22,27,31-36,39-40,61H,3-4,7-11,14-21,23-26,54H2,1-2H3,(H2,52,69)(H2,53,70)(H,60,71)(H,62,75)(H,63,76)(H,64,72)(H,65,77)(H,66,73)(H,67,74)(H4,55,56,58)(H3,57,59,79)/t27-,31+,32+,33+,34-,35-,36-,39-,40+/m0/s1. The number of hydrogen-bond donors (Lipinski definition) is 15. The van der Waals surface area contributed by atoms with Crippen LogP contribution in [0.3, 0.4) is 0 Å². The number of benzene rings is 1.